The van der Waals surface area contributed by atoms with Crippen molar-refractivity contribution < 1.29 is 19.4 Å². The lowest BCUT2D eigenvalue weighted by molar-refractivity contribution is -0.153. The van der Waals surface area contributed by atoms with Crippen LogP contribution in [0.2, 0.25) is 0 Å². The Morgan fingerprint density at radius 3 is 2.53 bits per heavy atom. The van der Waals surface area contributed by atoms with Crippen LogP contribution in [0.3, 0.4) is 0 Å². The van der Waals surface area contributed by atoms with Crippen molar-refractivity contribution in [3.8, 4) is 5.75 Å². The van der Waals surface area contributed by atoms with Gasteiger partial charge in [-0.3, -0.25) is 9.59 Å². The number of methoxy groups -OCH3 is 1. The first kappa shape index (κ1) is 11.6. The smallest absolute Gasteiger partial charge is 0.315 e. The molecule has 1 aromatic rings. The summed E-state index contributed by atoms with van der Waals surface area (Å²) in [6, 6.07) is 5.38. The molecule has 0 amide bonds. The second-order valence-electron chi connectivity index (χ2n) is 4.48. The number of benzene rings is 1. The Kier molecular flexibility index (Phi) is 2.65. The predicted molar refractivity (Wildman–Crippen MR) is 61.3 cm³/mol. The Morgan fingerprint density at radius 1 is 1.41 bits per heavy atom. The van der Waals surface area contributed by atoms with Gasteiger partial charge < -0.3 is 9.84 Å². The lowest BCUT2D eigenvalue weighted by Gasteiger charge is -2.37. The number of carbonyl (C=O) groups excluding carboxylic acids is 1. The van der Waals surface area contributed by atoms with Crippen LogP contribution in [0, 0.1) is 6.92 Å². The third kappa shape index (κ3) is 1.69. The highest BCUT2D eigenvalue weighted by Crippen LogP contribution is 2.45. The van der Waals surface area contributed by atoms with Crippen LogP contribution in [0.5, 0.6) is 5.75 Å². The summed E-state index contributed by atoms with van der Waals surface area (Å²) >= 11 is 0. The van der Waals surface area contributed by atoms with E-state index >= 15 is 0 Å². The van der Waals surface area contributed by atoms with E-state index in [0.717, 1.165) is 5.56 Å². The molecule has 1 aliphatic carbocycles. The van der Waals surface area contributed by atoms with E-state index in [1.54, 1.807) is 12.1 Å². The maximum atomic E-state index is 11.4. The molecule has 0 radical (unpaired) electrons. The Morgan fingerprint density at radius 2 is 2.06 bits per heavy atom. The van der Waals surface area contributed by atoms with Crippen molar-refractivity contribution in [3.05, 3.63) is 29.3 Å². The normalized spacial score (nSPS) is 17.4. The zero-order chi connectivity index (χ0) is 12.6. The minimum Gasteiger partial charge on any atom is -0.496 e. The first-order valence-electron chi connectivity index (χ1n) is 5.40. The molecular formula is C13H14O4. The molecule has 1 aliphatic rings. The van der Waals surface area contributed by atoms with Gasteiger partial charge in [-0.05, 0) is 18.6 Å². The van der Waals surface area contributed by atoms with Gasteiger partial charge in [-0.1, -0.05) is 12.1 Å². The third-order valence-corrected chi connectivity index (χ3v) is 3.28. The van der Waals surface area contributed by atoms with E-state index < -0.39 is 11.4 Å². The number of rotatable bonds is 3. The van der Waals surface area contributed by atoms with Crippen LogP contribution in [0.25, 0.3) is 0 Å². The summed E-state index contributed by atoms with van der Waals surface area (Å²) in [6.45, 7) is 1.91. The monoisotopic (exact) mass is 234 g/mol. The molecule has 0 atom stereocenters. The van der Waals surface area contributed by atoms with Crippen molar-refractivity contribution in [2.45, 2.75) is 25.2 Å². The maximum absolute atomic E-state index is 11.4. The molecule has 90 valence electrons. The van der Waals surface area contributed by atoms with E-state index in [9.17, 15) is 14.7 Å². The van der Waals surface area contributed by atoms with Gasteiger partial charge in [-0.15, -0.1) is 0 Å². The fourth-order valence-electron chi connectivity index (χ4n) is 2.27. The topological polar surface area (TPSA) is 63.6 Å². The quantitative estimate of drug-likeness (QED) is 0.864. The van der Waals surface area contributed by atoms with Crippen molar-refractivity contribution in [1.29, 1.82) is 0 Å². The molecule has 1 fully saturated rings. The van der Waals surface area contributed by atoms with Crippen LogP contribution in [0.15, 0.2) is 18.2 Å². The fourth-order valence-corrected chi connectivity index (χ4v) is 2.27. The van der Waals surface area contributed by atoms with Gasteiger partial charge in [-0.2, -0.15) is 0 Å². The number of carboxylic acid groups (broad SMARTS) is 1. The highest BCUT2D eigenvalue weighted by molar-refractivity contribution is 6.01. The average molecular weight is 234 g/mol. The standard InChI is InChI=1S/C13H14O4/c1-8-3-4-10(11(5-8)17-2)13(12(15)16)6-9(14)7-13/h3-5H,6-7H2,1-2H3,(H,15,16). The van der Waals surface area contributed by atoms with Crippen molar-refractivity contribution in [2.75, 3.05) is 7.11 Å². The van der Waals surface area contributed by atoms with Gasteiger partial charge in [0.2, 0.25) is 0 Å². The van der Waals surface area contributed by atoms with Crippen molar-refractivity contribution in [3.63, 3.8) is 0 Å². The van der Waals surface area contributed by atoms with Gasteiger partial charge in [0.25, 0.3) is 0 Å². The van der Waals surface area contributed by atoms with Gasteiger partial charge in [0.1, 0.15) is 16.9 Å². The van der Waals surface area contributed by atoms with Crippen molar-refractivity contribution in [1.82, 2.24) is 0 Å². The molecular weight excluding hydrogens is 220 g/mol. The number of hydrogen-bond donors (Lipinski definition) is 1. The van der Waals surface area contributed by atoms with Crippen LogP contribution in [0.4, 0.5) is 0 Å². The fraction of sp³-hybridized carbons (Fsp3) is 0.385. The number of ether oxygens (including phenoxy) is 1. The maximum Gasteiger partial charge on any atom is 0.315 e. The summed E-state index contributed by atoms with van der Waals surface area (Å²) in [5.41, 5.74) is 0.505. The summed E-state index contributed by atoms with van der Waals surface area (Å²) in [4.78, 5) is 22.5. The Balaban J connectivity index is 2.51. The molecule has 1 saturated carbocycles. The Hall–Kier alpha value is -1.84. The molecule has 4 nitrogen and oxygen atoms in total. The zero-order valence-corrected chi connectivity index (χ0v) is 9.82. The lowest BCUT2D eigenvalue weighted by Crippen LogP contribution is -2.48. The van der Waals surface area contributed by atoms with Crippen molar-refractivity contribution >= 4 is 11.8 Å². The summed E-state index contributed by atoms with van der Waals surface area (Å²) in [6.07, 6.45) is 0.115. The highest BCUT2D eigenvalue weighted by atomic mass is 16.5. The predicted octanol–water partition coefficient (Wildman–Crippen LogP) is 1.69. The van der Waals surface area contributed by atoms with E-state index in [4.69, 9.17) is 4.74 Å². The van der Waals surface area contributed by atoms with E-state index in [-0.39, 0.29) is 18.6 Å². The van der Waals surface area contributed by atoms with Crippen LogP contribution < -0.4 is 4.74 Å². The number of Topliss-reactive ketones (excluding diaryl/α,β-unsaturated/α-hetero) is 1. The molecule has 1 N–H and O–H groups in total. The molecule has 0 unspecified atom stereocenters. The molecule has 17 heavy (non-hydrogen) atoms. The van der Waals surface area contributed by atoms with Gasteiger partial charge in [0, 0.05) is 18.4 Å². The van der Waals surface area contributed by atoms with Gasteiger partial charge in [0.05, 0.1) is 7.11 Å². The number of aryl methyl sites for hydroxylation is 1. The Bertz CT molecular complexity index is 482. The lowest BCUT2D eigenvalue weighted by atomic mass is 9.63. The summed E-state index contributed by atoms with van der Waals surface area (Å²) in [5, 5.41) is 9.34. The van der Waals surface area contributed by atoms with Gasteiger partial charge in [-0.25, -0.2) is 0 Å². The molecule has 0 saturated heterocycles. The van der Waals surface area contributed by atoms with Crippen LogP contribution in [0.1, 0.15) is 24.0 Å². The molecule has 0 spiro atoms. The van der Waals surface area contributed by atoms with Crippen LogP contribution in [-0.4, -0.2) is 24.0 Å². The minimum atomic E-state index is -1.09. The molecule has 0 bridgehead atoms. The number of carbonyl (C=O) groups is 2. The van der Waals surface area contributed by atoms with Crippen LogP contribution in [-0.2, 0) is 15.0 Å². The SMILES string of the molecule is COc1cc(C)ccc1C1(C(=O)O)CC(=O)C1. The van der Waals surface area contributed by atoms with E-state index in [1.165, 1.54) is 7.11 Å². The highest BCUT2D eigenvalue weighted by Gasteiger charge is 2.52. The molecule has 4 heteroatoms. The molecule has 0 aliphatic heterocycles. The number of carboxylic acids is 1. The van der Waals surface area contributed by atoms with Crippen LogP contribution >= 0.6 is 0 Å². The molecule has 2 rings (SSSR count). The minimum absolute atomic E-state index is 0.0185. The number of aliphatic carboxylic acids is 1. The average Bonchev–Trinajstić information content (AvgIpc) is 2.24. The first-order chi connectivity index (χ1) is 7.99. The van der Waals surface area contributed by atoms with Gasteiger partial charge >= 0.3 is 5.97 Å². The van der Waals surface area contributed by atoms with Crippen molar-refractivity contribution in [2.24, 2.45) is 0 Å². The molecule has 0 heterocycles. The second-order valence-corrected chi connectivity index (χ2v) is 4.48. The van der Waals surface area contributed by atoms with Gasteiger partial charge in [0.15, 0.2) is 0 Å². The number of ketones is 1. The van der Waals surface area contributed by atoms with E-state index in [1.807, 2.05) is 13.0 Å². The Labute approximate surface area is 99.2 Å². The molecule has 0 aromatic heterocycles. The largest absolute Gasteiger partial charge is 0.496 e. The second kappa shape index (κ2) is 3.87. The summed E-state index contributed by atoms with van der Waals surface area (Å²) < 4.78 is 5.22. The number of hydrogen-bond acceptors (Lipinski definition) is 3. The first-order valence-corrected chi connectivity index (χ1v) is 5.40. The summed E-state index contributed by atoms with van der Waals surface area (Å²) in [5.74, 6) is -0.436. The van der Waals surface area contributed by atoms with E-state index in [2.05, 4.69) is 0 Å². The zero-order valence-electron chi connectivity index (χ0n) is 9.82. The van der Waals surface area contributed by atoms with E-state index in [0.29, 0.717) is 11.3 Å². The third-order valence-electron chi connectivity index (χ3n) is 3.28. The summed E-state index contributed by atoms with van der Waals surface area (Å²) in [7, 11) is 1.51. The molecule has 1 aromatic carbocycles.